The van der Waals surface area contributed by atoms with Crippen molar-refractivity contribution < 1.29 is 13.2 Å². The van der Waals surface area contributed by atoms with Crippen LogP contribution in [0.1, 0.15) is 71.7 Å². The SMILES string of the molecule is Cc1cc([C@@H](C)Nc2ccc(Cl)nc2C(=O)NS(C)(=O)=O)c2nc(C3CCN(c4ccc(C#N)cn4)[C@@H](C)C3)n(C)c(=O)c2c1. The minimum Gasteiger partial charge on any atom is -0.377 e. The van der Waals surface area contributed by atoms with Crippen molar-refractivity contribution in [1.82, 2.24) is 24.2 Å². The van der Waals surface area contributed by atoms with Gasteiger partial charge in [0.15, 0.2) is 5.69 Å². The number of nitrogens with zero attached hydrogens (tertiary/aromatic N) is 6. The Labute approximate surface area is 266 Å². The molecule has 3 aromatic heterocycles. The lowest BCUT2D eigenvalue weighted by Crippen LogP contribution is -2.42. The van der Waals surface area contributed by atoms with Gasteiger partial charge in [-0.05, 0) is 69.5 Å². The van der Waals surface area contributed by atoms with E-state index in [1.165, 1.54) is 6.07 Å². The first-order valence-electron chi connectivity index (χ1n) is 14.3. The summed E-state index contributed by atoms with van der Waals surface area (Å²) in [7, 11) is -2.09. The second kappa shape index (κ2) is 12.5. The minimum absolute atomic E-state index is 0.0147. The first-order chi connectivity index (χ1) is 21.3. The molecule has 5 rings (SSSR count). The van der Waals surface area contributed by atoms with E-state index in [0.717, 1.165) is 36.0 Å². The fourth-order valence-electron chi connectivity index (χ4n) is 5.89. The maximum absolute atomic E-state index is 13.7. The molecule has 4 aromatic rings. The Morgan fingerprint density at radius 2 is 1.96 bits per heavy atom. The first kappa shape index (κ1) is 31.9. The van der Waals surface area contributed by atoms with Crippen LogP contribution < -0.4 is 20.5 Å². The van der Waals surface area contributed by atoms with Crippen molar-refractivity contribution in [3.8, 4) is 6.07 Å². The number of amides is 1. The quantitative estimate of drug-likeness (QED) is 0.278. The van der Waals surface area contributed by atoms with Crippen molar-refractivity contribution in [2.75, 3.05) is 23.0 Å². The van der Waals surface area contributed by atoms with Crippen molar-refractivity contribution in [3.05, 3.63) is 86.3 Å². The smallest absolute Gasteiger partial charge is 0.285 e. The highest BCUT2D eigenvalue weighted by Gasteiger charge is 2.31. The lowest BCUT2D eigenvalue weighted by molar-refractivity contribution is 0.0977. The fourth-order valence-corrected chi connectivity index (χ4v) is 6.47. The van der Waals surface area contributed by atoms with Crippen molar-refractivity contribution in [1.29, 1.82) is 5.26 Å². The maximum Gasteiger partial charge on any atom is 0.285 e. The van der Waals surface area contributed by atoms with Gasteiger partial charge in [0.1, 0.15) is 22.9 Å². The molecule has 1 aliphatic rings. The van der Waals surface area contributed by atoms with E-state index in [1.807, 2.05) is 36.8 Å². The molecule has 0 spiro atoms. The van der Waals surface area contributed by atoms with Crippen LogP contribution in [0.2, 0.25) is 5.15 Å². The van der Waals surface area contributed by atoms with E-state index in [1.54, 1.807) is 29.9 Å². The normalized spacial score (nSPS) is 17.5. The van der Waals surface area contributed by atoms with Crippen molar-refractivity contribution in [2.45, 2.75) is 51.6 Å². The standard InChI is InChI=1S/C31H33ClN8O4S/c1-17-12-22(19(3)35-24-7-8-25(32)36-28(24)30(41)38-45(5,43)44)27-23(13-17)31(42)39(4)29(37-27)21-10-11-40(18(2)14-21)26-9-6-20(15-33)16-34-26/h6-9,12-13,16,18-19,21,35H,10-11,14H2,1-5H3,(H,38,41)/t18-,19+,21?/m0/s1. The van der Waals surface area contributed by atoms with Crippen LogP contribution in [0.15, 0.2) is 47.4 Å². The monoisotopic (exact) mass is 648 g/mol. The number of hydrogen-bond acceptors (Lipinski definition) is 10. The number of benzene rings is 1. The molecule has 0 saturated carbocycles. The number of hydrogen-bond donors (Lipinski definition) is 2. The van der Waals surface area contributed by atoms with E-state index in [0.29, 0.717) is 28.8 Å². The number of nitrogens with one attached hydrogen (secondary N) is 2. The zero-order valence-electron chi connectivity index (χ0n) is 25.5. The van der Waals surface area contributed by atoms with E-state index in [-0.39, 0.29) is 34.1 Å². The Kier molecular flexibility index (Phi) is 8.82. The molecule has 1 fully saturated rings. The number of aryl methyl sites for hydroxylation is 1. The molecule has 14 heteroatoms. The lowest BCUT2D eigenvalue weighted by Gasteiger charge is -2.38. The summed E-state index contributed by atoms with van der Waals surface area (Å²) in [6.45, 7) is 6.58. The average molecular weight is 649 g/mol. The number of pyridine rings is 2. The van der Waals surface area contributed by atoms with Gasteiger partial charge in [0.25, 0.3) is 11.5 Å². The molecule has 3 atom stereocenters. The molecule has 234 valence electrons. The summed E-state index contributed by atoms with van der Waals surface area (Å²) < 4.78 is 27.0. The zero-order chi connectivity index (χ0) is 32.6. The maximum atomic E-state index is 13.7. The number of carbonyl (C=O) groups is 1. The summed E-state index contributed by atoms with van der Waals surface area (Å²) in [5.41, 5.74) is 2.58. The number of rotatable bonds is 7. The number of halogens is 1. The van der Waals surface area contributed by atoms with Gasteiger partial charge in [-0.25, -0.2) is 28.1 Å². The van der Waals surface area contributed by atoms with Crippen LogP contribution in [0.25, 0.3) is 10.9 Å². The van der Waals surface area contributed by atoms with Crippen molar-refractivity contribution >= 4 is 49.9 Å². The van der Waals surface area contributed by atoms with E-state index in [4.69, 9.17) is 21.8 Å². The van der Waals surface area contributed by atoms with Gasteiger partial charge in [-0.3, -0.25) is 14.2 Å². The fraction of sp³-hybridized carbons (Fsp3) is 0.355. The Morgan fingerprint density at radius 3 is 2.60 bits per heavy atom. The molecule has 0 aliphatic carbocycles. The molecular weight excluding hydrogens is 616 g/mol. The molecule has 0 radical (unpaired) electrons. The van der Waals surface area contributed by atoms with Gasteiger partial charge >= 0.3 is 0 Å². The van der Waals surface area contributed by atoms with Gasteiger partial charge in [-0.1, -0.05) is 17.7 Å². The highest BCUT2D eigenvalue weighted by atomic mass is 35.5. The summed E-state index contributed by atoms with van der Waals surface area (Å²) >= 11 is 6.04. The highest BCUT2D eigenvalue weighted by molar-refractivity contribution is 7.89. The van der Waals surface area contributed by atoms with Crippen molar-refractivity contribution in [2.24, 2.45) is 7.05 Å². The minimum atomic E-state index is -3.84. The summed E-state index contributed by atoms with van der Waals surface area (Å²) in [5, 5.41) is 12.9. The number of carbonyl (C=O) groups excluding carboxylic acids is 1. The number of piperidine rings is 1. The van der Waals surface area contributed by atoms with Gasteiger partial charge in [0.2, 0.25) is 10.0 Å². The Balaban J connectivity index is 1.49. The third-order valence-corrected chi connectivity index (χ3v) is 8.76. The predicted octanol–water partition coefficient (Wildman–Crippen LogP) is 4.19. The lowest BCUT2D eigenvalue weighted by atomic mass is 9.90. The van der Waals surface area contributed by atoms with Crippen LogP contribution in [0.4, 0.5) is 11.5 Å². The van der Waals surface area contributed by atoms with Crippen LogP contribution in [-0.4, -0.2) is 52.7 Å². The van der Waals surface area contributed by atoms with Crippen LogP contribution >= 0.6 is 11.6 Å². The Morgan fingerprint density at radius 1 is 1.20 bits per heavy atom. The largest absolute Gasteiger partial charge is 0.377 e. The molecule has 1 amide bonds. The molecule has 1 aliphatic heterocycles. The summed E-state index contributed by atoms with van der Waals surface area (Å²) in [4.78, 5) is 42.3. The molecule has 2 N–H and O–H groups in total. The predicted molar refractivity (Wildman–Crippen MR) is 173 cm³/mol. The van der Waals surface area contributed by atoms with Crippen molar-refractivity contribution in [3.63, 3.8) is 0 Å². The number of fused-ring (bicyclic) bond motifs is 1. The summed E-state index contributed by atoms with van der Waals surface area (Å²) in [5.74, 6) is 0.584. The first-order valence-corrected chi connectivity index (χ1v) is 16.6. The van der Waals surface area contributed by atoms with Gasteiger partial charge < -0.3 is 10.2 Å². The second-order valence-electron chi connectivity index (χ2n) is 11.5. The number of nitriles is 1. The number of anilines is 2. The van der Waals surface area contributed by atoms with Crippen LogP contribution in [0.3, 0.4) is 0 Å². The van der Waals surface area contributed by atoms with Crippen LogP contribution in [0.5, 0.6) is 0 Å². The van der Waals surface area contributed by atoms with Gasteiger partial charge in [0.05, 0.1) is 34.5 Å². The molecule has 1 aromatic carbocycles. The molecule has 4 heterocycles. The average Bonchev–Trinajstić information content (AvgIpc) is 2.99. The third-order valence-electron chi connectivity index (χ3n) is 7.99. The number of sulfonamides is 1. The van der Waals surface area contributed by atoms with E-state index in [9.17, 15) is 18.0 Å². The van der Waals surface area contributed by atoms with Gasteiger partial charge in [0, 0.05) is 37.3 Å². The molecular formula is C31H33ClN8O4S. The van der Waals surface area contributed by atoms with Gasteiger partial charge in [-0.15, -0.1) is 0 Å². The zero-order valence-corrected chi connectivity index (χ0v) is 27.1. The van der Waals surface area contributed by atoms with E-state index >= 15 is 0 Å². The summed E-state index contributed by atoms with van der Waals surface area (Å²) in [6.07, 6.45) is 3.95. The molecule has 12 nitrogen and oxygen atoms in total. The van der Waals surface area contributed by atoms with Crippen LogP contribution in [-0.2, 0) is 17.1 Å². The molecule has 1 saturated heterocycles. The van der Waals surface area contributed by atoms with Crippen LogP contribution in [0, 0.1) is 18.3 Å². The number of aromatic nitrogens is 4. The van der Waals surface area contributed by atoms with E-state index in [2.05, 4.69) is 33.2 Å². The van der Waals surface area contributed by atoms with E-state index < -0.39 is 22.0 Å². The molecule has 0 bridgehead atoms. The highest BCUT2D eigenvalue weighted by Crippen LogP contribution is 2.34. The second-order valence-corrected chi connectivity index (χ2v) is 13.6. The third kappa shape index (κ3) is 6.77. The summed E-state index contributed by atoms with van der Waals surface area (Å²) in [6, 6.07) is 12.2. The molecule has 45 heavy (non-hydrogen) atoms. The van der Waals surface area contributed by atoms with Gasteiger partial charge in [-0.2, -0.15) is 5.26 Å². The molecule has 1 unspecified atom stereocenters. The Bertz CT molecular complexity index is 2010. The topological polar surface area (TPSA) is 163 Å². The Hall–Kier alpha value is -4.54.